The molecule has 0 heterocycles. The molecule has 0 N–H and O–H groups in total. The lowest BCUT2D eigenvalue weighted by Crippen LogP contribution is -1.92. The van der Waals surface area contributed by atoms with E-state index >= 15 is 0 Å². The minimum absolute atomic E-state index is 0.601. The van der Waals surface area contributed by atoms with Crippen LogP contribution in [0.25, 0.3) is 0 Å². The van der Waals surface area contributed by atoms with Crippen LogP contribution in [0, 0.1) is 5.92 Å². The highest BCUT2D eigenvalue weighted by molar-refractivity contribution is 5.32. The summed E-state index contributed by atoms with van der Waals surface area (Å²) in [7, 11) is 3.33. The molecule has 0 saturated carbocycles. The normalized spacial score (nSPS) is 9.47. The van der Waals surface area contributed by atoms with Crippen LogP contribution in [-0.2, 0) is 11.3 Å². The number of methoxy groups -OCH3 is 2. The standard InChI is InChI=1S/C9H12O2.C4H10/c1-10-7-8-5-3-4-6-9(8)11-2;1-4(2)3/h3-6H,7H2,1-2H3;4H,1-3H3. The number of ether oxygens (including phenoxy) is 2. The maximum absolute atomic E-state index is 5.12. The average molecular weight is 210 g/mol. The van der Waals surface area contributed by atoms with Crippen molar-refractivity contribution in [2.45, 2.75) is 27.4 Å². The van der Waals surface area contributed by atoms with Gasteiger partial charge >= 0.3 is 0 Å². The number of para-hydroxylation sites is 1. The zero-order chi connectivity index (χ0) is 11.7. The monoisotopic (exact) mass is 210 g/mol. The Morgan fingerprint density at radius 1 is 1.07 bits per heavy atom. The van der Waals surface area contributed by atoms with E-state index in [1.807, 2.05) is 24.3 Å². The van der Waals surface area contributed by atoms with Gasteiger partial charge in [-0.2, -0.15) is 0 Å². The zero-order valence-corrected chi connectivity index (χ0v) is 10.4. The molecule has 2 nitrogen and oxygen atoms in total. The van der Waals surface area contributed by atoms with Crippen LogP contribution in [0.5, 0.6) is 5.75 Å². The third-order valence-electron chi connectivity index (χ3n) is 1.49. The summed E-state index contributed by atoms with van der Waals surface area (Å²) in [5, 5.41) is 0. The third-order valence-corrected chi connectivity index (χ3v) is 1.49. The van der Waals surface area contributed by atoms with Crippen molar-refractivity contribution in [2.75, 3.05) is 14.2 Å². The molecule has 0 bridgehead atoms. The summed E-state index contributed by atoms with van der Waals surface area (Å²) in [6, 6.07) is 7.82. The van der Waals surface area contributed by atoms with Crippen molar-refractivity contribution < 1.29 is 9.47 Å². The SMILES string of the molecule is CC(C)C.COCc1ccccc1OC. The molecular weight excluding hydrogens is 188 g/mol. The van der Waals surface area contributed by atoms with Crippen molar-refractivity contribution in [1.29, 1.82) is 0 Å². The molecule has 0 atom stereocenters. The second-order valence-electron chi connectivity index (χ2n) is 3.98. The van der Waals surface area contributed by atoms with Gasteiger partial charge in [0.05, 0.1) is 13.7 Å². The summed E-state index contributed by atoms with van der Waals surface area (Å²) in [6.45, 7) is 7.10. The largest absolute Gasteiger partial charge is 0.496 e. The Labute approximate surface area is 93.2 Å². The Morgan fingerprint density at radius 2 is 1.60 bits per heavy atom. The molecule has 0 radical (unpaired) electrons. The van der Waals surface area contributed by atoms with Crippen LogP contribution in [0.15, 0.2) is 24.3 Å². The maximum atomic E-state index is 5.12. The number of hydrogen-bond acceptors (Lipinski definition) is 2. The molecule has 0 aromatic heterocycles. The van der Waals surface area contributed by atoms with E-state index in [4.69, 9.17) is 9.47 Å². The molecule has 0 unspecified atom stereocenters. The van der Waals surface area contributed by atoms with Crippen LogP contribution in [0.2, 0.25) is 0 Å². The molecule has 2 heteroatoms. The van der Waals surface area contributed by atoms with E-state index in [0.717, 1.165) is 17.2 Å². The lowest BCUT2D eigenvalue weighted by Gasteiger charge is -2.05. The lowest BCUT2D eigenvalue weighted by molar-refractivity contribution is 0.181. The van der Waals surface area contributed by atoms with Crippen molar-refractivity contribution >= 4 is 0 Å². The van der Waals surface area contributed by atoms with Crippen molar-refractivity contribution in [2.24, 2.45) is 5.92 Å². The summed E-state index contributed by atoms with van der Waals surface area (Å²) in [5.41, 5.74) is 1.08. The molecule has 0 aliphatic heterocycles. The smallest absolute Gasteiger partial charge is 0.124 e. The molecule has 0 amide bonds. The molecule has 15 heavy (non-hydrogen) atoms. The van der Waals surface area contributed by atoms with Gasteiger partial charge in [-0.25, -0.2) is 0 Å². The van der Waals surface area contributed by atoms with Gasteiger partial charge in [0, 0.05) is 12.7 Å². The average Bonchev–Trinajstić information content (AvgIpc) is 2.18. The molecule has 0 spiro atoms. The molecule has 0 fully saturated rings. The Balaban J connectivity index is 0.000000423. The van der Waals surface area contributed by atoms with Crippen LogP contribution in [0.1, 0.15) is 26.3 Å². The molecule has 1 aromatic carbocycles. The van der Waals surface area contributed by atoms with Gasteiger partial charge in [-0.05, 0) is 12.0 Å². The van der Waals surface area contributed by atoms with Gasteiger partial charge in [0.1, 0.15) is 5.75 Å². The second kappa shape index (κ2) is 8.30. The first kappa shape index (κ1) is 14.0. The van der Waals surface area contributed by atoms with E-state index in [0.29, 0.717) is 6.61 Å². The van der Waals surface area contributed by atoms with Gasteiger partial charge in [0.25, 0.3) is 0 Å². The Kier molecular flexibility index (Phi) is 7.74. The summed E-state index contributed by atoms with van der Waals surface area (Å²) >= 11 is 0. The van der Waals surface area contributed by atoms with Gasteiger partial charge in [0.15, 0.2) is 0 Å². The topological polar surface area (TPSA) is 18.5 Å². The van der Waals surface area contributed by atoms with E-state index in [9.17, 15) is 0 Å². The molecule has 1 aromatic rings. The van der Waals surface area contributed by atoms with E-state index in [-0.39, 0.29) is 0 Å². The summed E-state index contributed by atoms with van der Waals surface area (Å²) in [5.74, 6) is 1.72. The minimum atomic E-state index is 0.601. The van der Waals surface area contributed by atoms with Gasteiger partial charge in [-0.3, -0.25) is 0 Å². The summed E-state index contributed by atoms with van der Waals surface area (Å²) in [4.78, 5) is 0. The molecular formula is C13H22O2. The van der Waals surface area contributed by atoms with Crippen LogP contribution < -0.4 is 4.74 Å². The fourth-order valence-corrected chi connectivity index (χ4v) is 0.978. The molecule has 1 rings (SSSR count). The Bertz CT molecular complexity index is 254. The first-order valence-corrected chi connectivity index (χ1v) is 5.22. The van der Waals surface area contributed by atoms with Crippen LogP contribution in [0.3, 0.4) is 0 Å². The highest BCUT2D eigenvalue weighted by atomic mass is 16.5. The molecule has 0 aliphatic rings. The first-order valence-electron chi connectivity index (χ1n) is 5.22. The highest BCUT2D eigenvalue weighted by Crippen LogP contribution is 2.17. The number of rotatable bonds is 3. The quantitative estimate of drug-likeness (QED) is 0.760. The zero-order valence-electron chi connectivity index (χ0n) is 10.4. The summed E-state index contributed by atoms with van der Waals surface area (Å²) < 4.78 is 10.1. The number of hydrogen-bond donors (Lipinski definition) is 0. The van der Waals surface area contributed by atoms with Crippen LogP contribution in [0.4, 0.5) is 0 Å². The maximum Gasteiger partial charge on any atom is 0.124 e. The van der Waals surface area contributed by atoms with Gasteiger partial charge in [0.2, 0.25) is 0 Å². The summed E-state index contributed by atoms with van der Waals surface area (Å²) in [6.07, 6.45) is 0. The lowest BCUT2D eigenvalue weighted by atomic mass is 10.2. The van der Waals surface area contributed by atoms with Crippen molar-refractivity contribution in [3.8, 4) is 5.75 Å². The Morgan fingerprint density at radius 3 is 2.07 bits per heavy atom. The van der Waals surface area contributed by atoms with Crippen molar-refractivity contribution in [3.05, 3.63) is 29.8 Å². The molecule has 0 saturated heterocycles. The van der Waals surface area contributed by atoms with E-state index in [1.165, 1.54) is 0 Å². The Hall–Kier alpha value is -1.02. The first-order chi connectivity index (χ1) is 7.11. The minimum Gasteiger partial charge on any atom is -0.496 e. The molecule has 0 aliphatic carbocycles. The fraction of sp³-hybridized carbons (Fsp3) is 0.538. The highest BCUT2D eigenvalue weighted by Gasteiger charge is 1.98. The van der Waals surface area contributed by atoms with Crippen molar-refractivity contribution in [1.82, 2.24) is 0 Å². The number of benzene rings is 1. The predicted octanol–water partition coefficient (Wildman–Crippen LogP) is 3.50. The van der Waals surface area contributed by atoms with Crippen LogP contribution >= 0.6 is 0 Å². The predicted molar refractivity (Wildman–Crippen MR) is 64.2 cm³/mol. The van der Waals surface area contributed by atoms with E-state index in [1.54, 1.807) is 14.2 Å². The van der Waals surface area contributed by atoms with Gasteiger partial charge < -0.3 is 9.47 Å². The van der Waals surface area contributed by atoms with Gasteiger partial charge in [-0.1, -0.05) is 39.0 Å². The molecule has 86 valence electrons. The van der Waals surface area contributed by atoms with Crippen molar-refractivity contribution in [3.63, 3.8) is 0 Å². The van der Waals surface area contributed by atoms with Crippen LogP contribution in [-0.4, -0.2) is 14.2 Å². The fourth-order valence-electron chi connectivity index (χ4n) is 0.978. The second-order valence-corrected chi connectivity index (χ2v) is 3.98. The third kappa shape index (κ3) is 6.97. The van der Waals surface area contributed by atoms with E-state index < -0.39 is 0 Å². The van der Waals surface area contributed by atoms with Gasteiger partial charge in [-0.15, -0.1) is 0 Å². The van der Waals surface area contributed by atoms with E-state index in [2.05, 4.69) is 20.8 Å².